The van der Waals surface area contributed by atoms with Gasteiger partial charge >= 0.3 is 5.97 Å². The van der Waals surface area contributed by atoms with Crippen molar-refractivity contribution in [1.29, 1.82) is 0 Å². The second kappa shape index (κ2) is 5.53. The van der Waals surface area contributed by atoms with Crippen LogP contribution in [0.15, 0.2) is 24.3 Å². The number of carboxylic acids is 1. The topological polar surface area (TPSA) is 40.5 Å². The van der Waals surface area contributed by atoms with Gasteiger partial charge in [0.25, 0.3) is 0 Å². The van der Waals surface area contributed by atoms with Crippen LogP contribution in [0.1, 0.15) is 43.2 Å². The molecule has 0 amide bonds. The van der Waals surface area contributed by atoms with E-state index >= 15 is 0 Å². The van der Waals surface area contributed by atoms with E-state index in [1.54, 1.807) is 0 Å². The van der Waals surface area contributed by atoms with Gasteiger partial charge in [-0.15, -0.1) is 0 Å². The van der Waals surface area contributed by atoms with Gasteiger partial charge in [-0.05, 0) is 43.4 Å². The van der Waals surface area contributed by atoms with E-state index in [1.165, 1.54) is 24.0 Å². The van der Waals surface area contributed by atoms with E-state index in [0.717, 1.165) is 5.92 Å². The largest absolute Gasteiger partial charge is 0.480 e. The molecule has 0 saturated heterocycles. The molecule has 1 aliphatic rings. The van der Waals surface area contributed by atoms with Crippen LogP contribution in [-0.4, -0.2) is 29.1 Å². The summed E-state index contributed by atoms with van der Waals surface area (Å²) in [7, 11) is 1.87. The van der Waals surface area contributed by atoms with E-state index in [0.29, 0.717) is 13.0 Å². The molecule has 1 aromatic carbocycles. The molecular formula is C15H21NO2. The van der Waals surface area contributed by atoms with Crippen LogP contribution in [-0.2, 0) is 11.3 Å². The SMILES string of the molecule is CCC(C(=O)O)N(C)Cc1ccc(C2CC2)cc1. The molecule has 1 aromatic rings. The van der Waals surface area contributed by atoms with Gasteiger partial charge in [0.15, 0.2) is 0 Å². The molecule has 3 nitrogen and oxygen atoms in total. The van der Waals surface area contributed by atoms with Gasteiger partial charge in [0, 0.05) is 6.54 Å². The van der Waals surface area contributed by atoms with E-state index in [-0.39, 0.29) is 0 Å². The lowest BCUT2D eigenvalue weighted by atomic mass is 10.1. The number of hydrogen-bond donors (Lipinski definition) is 1. The molecule has 1 fully saturated rings. The van der Waals surface area contributed by atoms with Crippen LogP contribution in [0.2, 0.25) is 0 Å². The molecule has 18 heavy (non-hydrogen) atoms. The zero-order valence-electron chi connectivity index (χ0n) is 11.1. The molecule has 2 rings (SSSR count). The van der Waals surface area contributed by atoms with Gasteiger partial charge in [0.05, 0.1) is 0 Å². The molecule has 0 aromatic heterocycles. The highest BCUT2D eigenvalue weighted by atomic mass is 16.4. The number of hydrogen-bond acceptors (Lipinski definition) is 2. The van der Waals surface area contributed by atoms with Gasteiger partial charge in [-0.25, -0.2) is 0 Å². The Morgan fingerprint density at radius 1 is 1.39 bits per heavy atom. The molecule has 0 spiro atoms. The van der Waals surface area contributed by atoms with Crippen molar-refractivity contribution in [2.24, 2.45) is 0 Å². The van der Waals surface area contributed by atoms with E-state index in [4.69, 9.17) is 5.11 Å². The highest BCUT2D eigenvalue weighted by molar-refractivity contribution is 5.73. The zero-order chi connectivity index (χ0) is 13.1. The number of rotatable bonds is 6. The number of likely N-dealkylation sites (N-methyl/N-ethyl adjacent to an activating group) is 1. The summed E-state index contributed by atoms with van der Waals surface area (Å²) in [5, 5.41) is 9.11. The Balaban J connectivity index is 1.97. The van der Waals surface area contributed by atoms with Gasteiger partial charge in [-0.3, -0.25) is 9.69 Å². The Hall–Kier alpha value is -1.35. The standard InChI is InChI=1S/C15H21NO2/c1-3-14(15(17)18)16(2)10-11-4-6-12(7-5-11)13-8-9-13/h4-7,13-14H,3,8-10H2,1-2H3,(H,17,18). The Bertz CT molecular complexity index is 409. The molecule has 1 unspecified atom stereocenters. The maximum Gasteiger partial charge on any atom is 0.320 e. The van der Waals surface area contributed by atoms with Crippen LogP contribution < -0.4 is 0 Å². The van der Waals surface area contributed by atoms with Crippen molar-refractivity contribution >= 4 is 5.97 Å². The maximum atomic E-state index is 11.1. The third-order valence-corrected chi connectivity index (χ3v) is 3.66. The summed E-state index contributed by atoms with van der Waals surface area (Å²) in [5.74, 6) is 0.0359. The molecule has 1 atom stereocenters. The molecule has 98 valence electrons. The number of aliphatic carboxylic acids is 1. The second-order valence-electron chi connectivity index (χ2n) is 5.19. The van der Waals surface area contributed by atoms with Gasteiger partial charge in [0.2, 0.25) is 0 Å². The number of carboxylic acid groups (broad SMARTS) is 1. The summed E-state index contributed by atoms with van der Waals surface area (Å²) in [6.07, 6.45) is 3.26. The average molecular weight is 247 g/mol. The Morgan fingerprint density at radius 3 is 2.44 bits per heavy atom. The van der Waals surface area contributed by atoms with E-state index in [9.17, 15) is 4.79 Å². The summed E-state index contributed by atoms with van der Waals surface area (Å²) in [5.41, 5.74) is 2.60. The Kier molecular flexibility index (Phi) is 4.02. The number of nitrogens with zero attached hydrogens (tertiary/aromatic N) is 1. The molecule has 3 heteroatoms. The lowest BCUT2D eigenvalue weighted by Crippen LogP contribution is -2.37. The van der Waals surface area contributed by atoms with Gasteiger partial charge < -0.3 is 5.11 Å². The highest BCUT2D eigenvalue weighted by Crippen LogP contribution is 2.39. The minimum absolute atomic E-state index is 0.395. The van der Waals surface area contributed by atoms with Gasteiger partial charge in [-0.1, -0.05) is 31.2 Å². The predicted molar refractivity (Wildman–Crippen MR) is 71.6 cm³/mol. The fourth-order valence-corrected chi connectivity index (χ4v) is 2.38. The van der Waals surface area contributed by atoms with Crippen molar-refractivity contribution in [3.63, 3.8) is 0 Å². The minimum Gasteiger partial charge on any atom is -0.480 e. The maximum absolute atomic E-state index is 11.1. The molecule has 0 aliphatic heterocycles. The van der Waals surface area contributed by atoms with Crippen molar-refractivity contribution in [3.05, 3.63) is 35.4 Å². The molecule has 0 bridgehead atoms. The molecule has 0 heterocycles. The minimum atomic E-state index is -0.741. The Labute approximate surface area is 108 Å². The second-order valence-corrected chi connectivity index (χ2v) is 5.19. The summed E-state index contributed by atoms with van der Waals surface area (Å²) < 4.78 is 0. The molecule has 1 saturated carbocycles. The van der Waals surface area contributed by atoms with Crippen molar-refractivity contribution < 1.29 is 9.90 Å². The molecule has 1 N–H and O–H groups in total. The van der Waals surface area contributed by atoms with E-state index < -0.39 is 12.0 Å². The monoisotopic (exact) mass is 247 g/mol. The van der Waals surface area contributed by atoms with E-state index in [1.807, 2.05) is 18.9 Å². The lowest BCUT2D eigenvalue weighted by Gasteiger charge is -2.23. The Morgan fingerprint density at radius 2 is 2.00 bits per heavy atom. The summed E-state index contributed by atoms with van der Waals surface area (Å²) in [4.78, 5) is 13.0. The first-order valence-electron chi connectivity index (χ1n) is 6.63. The fraction of sp³-hybridized carbons (Fsp3) is 0.533. The van der Waals surface area contributed by atoms with Crippen molar-refractivity contribution in [2.75, 3.05) is 7.05 Å². The van der Waals surface area contributed by atoms with Crippen molar-refractivity contribution in [2.45, 2.75) is 44.7 Å². The first-order valence-corrected chi connectivity index (χ1v) is 6.63. The zero-order valence-corrected chi connectivity index (χ0v) is 11.1. The van der Waals surface area contributed by atoms with Gasteiger partial charge in [0.1, 0.15) is 6.04 Å². The quantitative estimate of drug-likeness (QED) is 0.840. The average Bonchev–Trinajstić information content (AvgIpc) is 3.14. The van der Waals surface area contributed by atoms with Crippen LogP contribution in [0, 0.1) is 0 Å². The van der Waals surface area contributed by atoms with E-state index in [2.05, 4.69) is 24.3 Å². The van der Waals surface area contributed by atoms with Crippen molar-refractivity contribution in [1.82, 2.24) is 4.90 Å². The third kappa shape index (κ3) is 3.10. The normalized spacial score (nSPS) is 16.8. The van der Waals surface area contributed by atoms with Gasteiger partial charge in [-0.2, -0.15) is 0 Å². The van der Waals surface area contributed by atoms with Crippen LogP contribution in [0.4, 0.5) is 0 Å². The third-order valence-electron chi connectivity index (χ3n) is 3.66. The summed E-state index contributed by atoms with van der Waals surface area (Å²) in [6.45, 7) is 2.60. The van der Waals surface area contributed by atoms with Crippen LogP contribution in [0.3, 0.4) is 0 Å². The fourth-order valence-electron chi connectivity index (χ4n) is 2.38. The lowest BCUT2D eigenvalue weighted by molar-refractivity contribution is -0.143. The first-order chi connectivity index (χ1) is 8.61. The van der Waals surface area contributed by atoms with Crippen LogP contribution in [0.25, 0.3) is 0 Å². The van der Waals surface area contributed by atoms with Crippen LogP contribution in [0.5, 0.6) is 0 Å². The predicted octanol–water partition coefficient (Wildman–Crippen LogP) is 2.86. The molecule has 1 aliphatic carbocycles. The van der Waals surface area contributed by atoms with Crippen molar-refractivity contribution in [3.8, 4) is 0 Å². The molecular weight excluding hydrogens is 226 g/mol. The number of carbonyl (C=O) groups is 1. The number of benzene rings is 1. The smallest absolute Gasteiger partial charge is 0.320 e. The summed E-state index contributed by atoms with van der Waals surface area (Å²) in [6, 6.07) is 8.22. The highest BCUT2D eigenvalue weighted by Gasteiger charge is 2.23. The molecule has 0 radical (unpaired) electrons. The summed E-state index contributed by atoms with van der Waals surface area (Å²) >= 11 is 0. The first kappa shape index (κ1) is 13.1. The van der Waals surface area contributed by atoms with Crippen LogP contribution >= 0.6 is 0 Å².